The van der Waals surface area contributed by atoms with Gasteiger partial charge < -0.3 is 5.32 Å². The summed E-state index contributed by atoms with van der Waals surface area (Å²) in [6.07, 6.45) is 3.45. The number of hydrogen-bond acceptors (Lipinski definition) is 6. The van der Waals surface area contributed by atoms with Gasteiger partial charge in [0, 0.05) is 22.8 Å². The lowest BCUT2D eigenvalue weighted by molar-refractivity contribution is 0.593. The zero-order valence-corrected chi connectivity index (χ0v) is 15.4. The summed E-state index contributed by atoms with van der Waals surface area (Å²) in [5, 5.41) is 5.44. The molecule has 1 aromatic carbocycles. The minimum atomic E-state index is -3.34. The highest BCUT2D eigenvalue weighted by Gasteiger charge is 2.15. The number of sulfonamides is 1. The third-order valence-electron chi connectivity index (χ3n) is 3.48. The van der Waals surface area contributed by atoms with Gasteiger partial charge in [0.2, 0.25) is 10.0 Å². The molecule has 2 heterocycles. The minimum absolute atomic E-state index is 0.480. The van der Waals surface area contributed by atoms with E-state index in [2.05, 4.69) is 20.0 Å². The molecule has 2 aromatic heterocycles. The fourth-order valence-electron chi connectivity index (χ4n) is 2.02. The molecular weight excluding hydrogens is 356 g/mol. The van der Waals surface area contributed by atoms with Crippen LogP contribution in [0.2, 0.25) is 0 Å². The van der Waals surface area contributed by atoms with Crippen LogP contribution in [0, 0.1) is 0 Å². The Labute approximate surface area is 151 Å². The maximum Gasteiger partial charge on any atom is 0.235 e. The Morgan fingerprint density at radius 2 is 1.84 bits per heavy atom. The molecule has 0 amide bonds. The first kappa shape index (κ1) is 17.4. The fraction of sp³-hybridized carbons (Fsp3) is 0.176. The van der Waals surface area contributed by atoms with Crippen molar-refractivity contribution in [3.05, 3.63) is 54.2 Å². The number of pyridine rings is 1. The average molecular weight is 374 g/mol. The van der Waals surface area contributed by atoms with Crippen LogP contribution in [-0.4, -0.2) is 23.6 Å². The van der Waals surface area contributed by atoms with Gasteiger partial charge in [-0.3, -0.25) is 9.71 Å². The first-order valence-corrected chi connectivity index (χ1v) is 10.1. The first-order chi connectivity index (χ1) is 11.9. The second-order valence-electron chi connectivity index (χ2n) is 5.68. The third-order valence-corrected chi connectivity index (χ3v) is 6.00. The molecule has 6 nitrogen and oxygen atoms in total. The minimum Gasteiger partial charge on any atom is -0.330 e. The summed E-state index contributed by atoms with van der Waals surface area (Å²) in [7, 11) is -3.34. The van der Waals surface area contributed by atoms with Crippen molar-refractivity contribution in [3.8, 4) is 11.3 Å². The van der Waals surface area contributed by atoms with E-state index in [1.165, 1.54) is 11.3 Å². The van der Waals surface area contributed by atoms with E-state index in [-0.39, 0.29) is 0 Å². The zero-order valence-electron chi connectivity index (χ0n) is 13.8. The Balaban J connectivity index is 1.73. The van der Waals surface area contributed by atoms with E-state index in [0.717, 1.165) is 22.1 Å². The molecule has 8 heteroatoms. The molecule has 0 aliphatic rings. The molecule has 0 aliphatic heterocycles. The molecule has 0 saturated carbocycles. The van der Waals surface area contributed by atoms with Crippen molar-refractivity contribution in [3.63, 3.8) is 0 Å². The van der Waals surface area contributed by atoms with Gasteiger partial charge in [0.15, 0.2) is 5.13 Å². The van der Waals surface area contributed by atoms with Gasteiger partial charge in [-0.2, -0.15) is 0 Å². The van der Waals surface area contributed by atoms with Crippen LogP contribution in [0.25, 0.3) is 11.3 Å². The second kappa shape index (κ2) is 7.20. The van der Waals surface area contributed by atoms with Crippen molar-refractivity contribution in [1.29, 1.82) is 0 Å². The number of benzene rings is 1. The fourth-order valence-corrected chi connectivity index (χ4v) is 3.46. The van der Waals surface area contributed by atoms with Crippen LogP contribution in [0.4, 0.5) is 16.5 Å². The summed E-state index contributed by atoms with van der Waals surface area (Å²) in [5.74, 6) is 0. The van der Waals surface area contributed by atoms with Gasteiger partial charge in [-0.1, -0.05) is 12.1 Å². The Hall–Kier alpha value is -2.45. The standard InChI is InChI=1S/C17H18N4O2S2/c1-12(2)25(22,23)21-14-7-5-13(6-8-14)16-11-24-17(20-16)19-15-4-3-9-18-10-15/h3-12,21H,1-2H3,(H,19,20). The molecule has 0 saturated heterocycles. The van der Waals surface area contributed by atoms with Crippen LogP contribution in [0.1, 0.15) is 13.8 Å². The second-order valence-corrected chi connectivity index (χ2v) is 8.77. The molecule has 0 bridgehead atoms. The van der Waals surface area contributed by atoms with E-state index in [9.17, 15) is 8.42 Å². The summed E-state index contributed by atoms with van der Waals surface area (Å²) in [5.41, 5.74) is 3.17. The van der Waals surface area contributed by atoms with Crippen molar-refractivity contribution < 1.29 is 8.42 Å². The maximum atomic E-state index is 11.9. The Morgan fingerprint density at radius 1 is 1.08 bits per heavy atom. The van der Waals surface area contributed by atoms with Gasteiger partial charge in [0.25, 0.3) is 0 Å². The number of thiazole rings is 1. The molecule has 2 N–H and O–H groups in total. The molecule has 25 heavy (non-hydrogen) atoms. The van der Waals surface area contributed by atoms with Gasteiger partial charge in [0.05, 0.1) is 22.8 Å². The number of hydrogen-bond donors (Lipinski definition) is 2. The van der Waals surface area contributed by atoms with Gasteiger partial charge in [-0.15, -0.1) is 11.3 Å². The number of aromatic nitrogens is 2. The Morgan fingerprint density at radius 3 is 2.48 bits per heavy atom. The number of nitrogens with one attached hydrogen (secondary N) is 2. The van der Waals surface area contributed by atoms with Gasteiger partial charge in [0.1, 0.15) is 0 Å². The van der Waals surface area contributed by atoms with Crippen molar-refractivity contribution >= 4 is 37.9 Å². The van der Waals surface area contributed by atoms with Crippen LogP contribution < -0.4 is 10.0 Å². The molecular formula is C17H18N4O2S2. The van der Waals surface area contributed by atoms with E-state index >= 15 is 0 Å². The third kappa shape index (κ3) is 4.34. The highest BCUT2D eigenvalue weighted by atomic mass is 32.2. The molecule has 0 atom stereocenters. The van der Waals surface area contributed by atoms with Gasteiger partial charge in [-0.05, 0) is 38.1 Å². The molecule has 0 radical (unpaired) electrons. The number of anilines is 3. The largest absolute Gasteiger partial charge is 0.330 e. The van der Waals surface area contributed by atoms with E-state index in [4.69, 9.17) is 0 Å². The lowest BCUT2D eigenvalue weighted by Crippen LogP contribution is -2.22. The van der Waals surface area contributed by atoms with Crippen LogP contribution in [0.5, 0.6) is 0 Å². The normalized spacial score (nSPS) is 11.5. The quantitative estimate of drug-likeness (QED) is 0.679. The van der Waals surface area contributed by atoms with Crippen LogP contribution in [-0.2, 0) is 10.0 Å². The SMILES string of the molecule is CC(C)S(=O)(=O)Nc1ccc(-c2csc(Nc3cccnc3)n2)cc1. The summed E-state index contributed by atoms with van der Waals surface area (Å²) in [4.78, 5) is 8.60. The topological polar surface area (TPSA) is 84.0 Å². The highest BCUT2D eigenvalue weighted by molar-refractivity contribution is 7.93. The van der Waals surface area contributed by atoms with Crippen LogP contribution in [0.3, 0.4) is 0 Å². The Bertz CT molecular complexity index is 936. The monoisotopic (exact) mass is 374 g/mol. The van der Waals surface area contributed by atoms with Crippen LogP contribution in [0.15, 0.2) is 54.2 Å². The zero-order chi connectivity index (χ0) is 17.9. The molecule has 0 aliphatic carbocycles. The van der Waals surface area contributed by atoms with E-state index in [0.29, 0.717) is 5.69 Å². The van der Waals surface area contributed by atoms with Crippen LogP contribution >= 0.6 is 11.3 Å². The summed E-state index contributed by atoms with van der Waals surface area (Å²) in [6, 6.07) is 10.9. The van der Waals surface area contributed by atoms with E-state index in [1.807, 2.05) is 29.6 Å². The lowest BCUT2D eigenvalue weighted by Gasteiger charge is -2.10. The molecule has 0 spiro atoms. The van der Waals surface area contributed by atoms with E-state index in [1.54, 1.807) is 38.4 Å². The van der Waals surface area contributed by atoms with Gasteiger partial charge in [-0.25, -0.2) is 13.4 Å². The van der Waals surface area contributed by atoms with E-state index < -0.39 is 15.3 Å². The summed E-state index contributed by atoms with van der Waals surface area (Å²) >= 11 is 1.50. The van der Waals surface area contributed by atoms with Crippen molar-refractivity contribution in [2.24, 2.45) is 0 Å². The molecule has 3 aromatic rings. The Kier molecular flexibility index (Phi) is 5.00. The van der Waals surface area contributed by atoms with Crippen molar-refractivity contribution in [2.45, 2.75) is 19.1 Å². The highest BCUT2D eigenvalue weighted by Crippen LogP contribution is 2.28. The summed E-state index contributed by atoms with van der Waals surface area (Å²) < 4.78 is 26.4. The summed E-state index contributed by atoms with van der Waals surface area (Å²) in [6.45, 7) is 3.28. The molecule has 0 unspecified atom stereocenters. The number of rotatable bonds is 6. The lowest BCUT2D eigenvalue weighted by atomic mass is 10.1. The van der Waals surface area contributed by atoms with Crippen molar-refractivity contribution in [1.82, 2.24) is 9.97 Å². The molecule has 130 valence electrons. The van der Waals surface area contributed by atoms with Gasteiger partial charge >= 0.3 is 0 Å². The predicted molar refractivity (Wildman–Crippen MR) is 103 cm³/mol. The maximum absolute atomic E-state index is 11.9. The predicted octanol–water partition coefficient (Wildman–Crippen LogP) is 4.10. The number of nitrogens with zero attached hydrogens (tertiary/aromatic N) is 2. The molecule has 0 fully saturated rings. The average Bonchev–Trinajstić information content (AvgIpc) is 3.04. The molecule has 3 rings (SSSR count). The smallest absolute Gasteiger partial charge is 0.235 e. The van der Waals surface area contributed by atoms with Crippen molar-refractivity contribution in [2.75, 3.05) is 10.0 Å². The first-order valence-electron chi connectivity index (χ1n) is 7.69.